The average Bonchev–Trinajstić information content (AvgIpc) is 2.35. The molecule has 1 rings (SSSR count). The summed E-state index contributed by atoms with van der Waals surface area (Å²) in [5, 5.41) is 2.96. The highest BCUT2D eigenvalue weighted by Gasteiger charge is 2.13. The first-order valence-electron chi connectivity index (χ1n) is 5.33. The van der Waals surface area contributed by atoms with E-state index in [9.17, 15) is 9.18 Å². The summed E-state index contributed by atoms with van der Waals surface area (Å²) in [5.74, 6) is -0.543. The summed E-state index contributed by atoms with van der Waals surface area (Å²) in [6.07, 6.45) is 0. The molecule has 0 bridgehead atoms. The largest absolute Gasteiger partial charge is 0.494 e. The van der Waals surface area contributed by atoms with Crippen molar-refractivity contribution in [3.63, 3.8) is 0 Å². The van der Waals surface area contributed by atoms with Crippen molar-refractivity contribution in [3.8, 4) is 5.75 Å². The number of nitrogens with one attached hydrogen (secondary N) is 1. The van der Waals surface area contributed by atoms with Gasteiger partial charge in [0.05, 0.1) is 7.11 Å². The van der Waals surface area contributed by atoms with Crippen LogP contribution in [0, 0.1) is 5.82 Å². The molecule has 0 aliphatic heterocycles. The molecule has 1 N–H and O–H groups in total. The van der Waals surface area contributed by atoms with Crippen LogP contribution in [-0.2, 0) is 0 Å². The van der Waals surface area contributed by atoms with Crippen LogP contribution >= 0.6 is 12.4 Å². The Morgan fingerprint density at radius 1 is 1.50 bits per heavy atom. The van der Waals surface area contributed by atoms with Gasteiger partial charge in [0.2, 0.25) is 0 Å². The summed E-state index contributed by atoms with van der Waals surface area (Å²) in [4.78, 5) is 13.5. The Morgan fingerprint density at radius 3 is 2.72 bits per heavy atom. The molecule has 1 aromatic rings. The van der Waals surface area contributed by atoms with Crippen molar-refractivity contribution >= 4 is 18.3 Å². The molecule has 0 aromatic heterocycles. The first-order valence-corrected chi connectivity index (χ1v) is 5.33. The van der Waals surface area contributed by atoms with Crippen LogP contribution in [0.2, 0.25) is 0 Å². The number of nitrogens with zero attached hydrogens (tertiary/aromatic N) is 1. The molecular weight excluding hydrogens is 259 g/mol. The van der Waals surface area contributed by atoms with Gasteiger partial charge in [-0.3, -0.25) is 4.79 Å². The Bertz CT molecular complexity index is 402. The zero-order valence-corrected chi connectivity index (χ0v) is 11.5. The molecule has 1 aromatic carbocycles. The standard InChI is InChI=1S/C12H17FN2O2.ClH/c1-14-6-7-15(2)12(16)9-4-5-10(13)11(8-9)17-3;/h4-5,8,14H,6-7H2,1-3H3;1H. The lowest BCUT2D eigenvalue weighted by Gasteiger charge is -2.17. The highest BCUT2D eigenvalue weighted by molar-refractivity contribution is 5.94. The van der Waals surface area contributed by atoms with Gasteiger partial charge < -0.3 is 15.0 Å². The molecule has 0 spiro atoms. The van der Waals surface area contributed by atoms with Crippen molar-refractivity contribution < 1.29 is 13.9 Å². The Balaban J connectivity index is 0.00000289. The number of ether oxygens (including phenoxy) is 1. The number of carbonyl (C=O) groups excluding carboxylic acids is 1. The van der Waals surface area contributed by atoms with Crippen molar-refractivity contribution in [1.29, 1.82) is 0 Å². The second-order valence-electron chi connectivity index (χ2n) is 3.68. The van der Waals surface area contributed by atoms with E-state index in [-0.39, 0.29) is 24.1 Å². The van der Waals surface area contributed by atoms with Crippen molar-refractivity contribution in [2.75, 3.05) is 34.3 Å². The van der Waals surface area contributed by atoms with E-state index in [0.29, 0.717) is 18.7 Å². The van der Waals surface area contributed by atoms with Gasteiger partial charge in [-0.05, 0) is 25.2 Å². The molecule has 4 nitrogen and oxygen atoms in total. The quantitative estimate of drug-likeness (QED) is 0.887. The van der Waals surface area contributed by atoms with E-state index in [0.717, 1.165) is 0 Å². The second-order valence-corrected chi connectivity index (χ2v) is 3.68. The van der Waals surface area contributed by atoms with Crippen LogP contribution in [0.4, 0.5) is 4.39 Å². The van der Waals surface area contributed by atoms with E-state index < -0.39 is 5.82 Å². The molecule has 0 radical (unpaired) electrons. The molecule has 0 aliphatic rings. The first-order chi connectivity index (χ1) is 8.10. The van der Waals surface area contributed by atoms with Gasteiger partial charge in [-0.15, -0.1) is 12.4 Å². The van der Waals surface area contributed by atoms with Crippen molar-refractivity contribution in [2.24, 2.45) is 0 Å². The zero-order chi connectivity index (χ0) is 12.8. The van der Waals surface area contributed by atoms with Crippen molar-refractivity contribution in [2.45, 2.75) is 0 Å². The second kappa shape index (κ2) is 7.89. The first kappa shape index (κ1) is 16.7. The molecule has 1 amide bonds. The van der Waals surface area contributed by atoms with Gasteiger partial charge in [0.1, 0.15) is 0 Å². The van der Waals surface area contributed by atoms with Crippen LogP contribution in [-0.4, -0.2) is 45.1 Å². The highest BCUT2D eigenvalue weighted by atomic mass is 35.5. The summed E-state index contributed by atoms with van der Waals surface area (Å²) in [5.41, 5.74) is 0.418. The molecule has 0 fully saturated rings. The number of hydrogen-bond acceptors (Lipinski definition) is 3. The van der Waals surface area contributed by atoms with Gasteiger partial charge in [-0.25, -0.2) is 4.39 Å². The summed E-state index contributed by atoms with van der Waals surface area (Å²) in [6.45, 7) is 1.30. The number of benzene rings is 1. The minimum absolute atomic E-state index is 0. The predicted octanol–water partition coefficient (Wildman–Crippen LogP) is 1.55. The maximum atomic E-state index is 13.2. The fourth-order valence-corrected chi connectivity index (χ4v) is 1.39. The molecule has 6 heteroatoms. The summed E-state index contributed by atoms with van der Waals surface area (Å²) < 4.78 is 18.0. The third kappa shape index (κ3) is 4.16. The SMILES string of the molecule is CNCCN(C)C(=O)c1ccc(F)c(OC)c1.Cl. The van der Waals surface area contributed by atoms with Crippen LogP contribution in [0.5, 0.6) is 5.75 Å². The minimum Gasteiger partial charge on any atom is -0.494 e. The van der Waals surface area contributed by atoms with Crippen LogP contribution in [0.25, 0.3) is 0 Å². The molecular formula is C12H18ClFN2O2. The smallest absolute Gasteiger partial charge is 0.253 e. The van der Waals surface area contributed by atoms with Crippen LogP contribution in [0.3, 0.4) is 0 Å². The van der Waals surface area contributed by atoms with E-state index >= 15 is 0 Å². The van der Waals surface area contributed by atoms with Crippen LogP contribution in [0.1, 0.15) is 10.4 Å². The van der Waals surface area contributed by atoms with Crippen molar-refractivity contribution in [3.05, 3.63) is 29.6 Å². The monoisotopic (exact) mass is 276 g/mol. The number of amides is 1. The normalized spacial score (nSPS) is 9.56. The molecule has 0 heterocycles. The summed E-state index contributed by atoms with van der Waals surface area (Å²) in [7, 11) is 4.89. The van der Waals surface area contributed by atoms with Gasteiger partial charge >= 0.3 is 0 Å². The lowest BCUT2D eigenvalue weighted by atomic mass is 10.2. The van der Waals surface area contributed by atoms with E-state index in [2.05, 4.69) is 5.32 Å². The van der Waals surface area contributed by atoms with Gasteiger partial charge in [0.25, 0.3) is 5.91 Å². The maximum absolute atomic E-state index is 13.2. The van der Waals surface area contributed by atoms with Gasteiger partial charge in [0, 0.05) is 25.7 Å². The summed E-state index contributed by atoms with van der Waals surface area (Å²) in [6, 6.07) is 4.10. The lowest BCUT2D eigenvalue weighted by Crippen LogP contribution is -2.32. The molecule has 0 unspecified atom stereocenters. The minimum atomic E-state index is -0.470. The Hall–Kier alpha value is -1.33. The lowest BCUT2D eigenvalue weighted by molar-refractivity contribution is 0.0796. The summed E-state index contributed by atoms with van der Waals surface area (Å²) >= 11 is 0. The Morgan fingerprint density at radius 2 is 2.17 bits per heavy atom. The fourth-order valence-electron chi connectivity index (χ4n) is 1.39. The Labute approximate surface area is 113 Å². The maximum Gasteiger partial charge on any atom is 0.253 e. The van der Waals surface area contributed by atoms with Crippen LogP contribution < -0.4 is 10.1 Å². The third-order valence-corrected chi connectivity index (χ3v) is 2.44. The van der Waals surface area contributed by atoms with Gasteiger partial charge in [-0.1, -0.05) is 0 Å². The van der Waals surface area contributed by atoms with E-state index in [1.165, 1.54) is 25.3 Å². The molecule has 0 saturated carbocycles. The Kier molecular flexibility index (Phi) is 7.31. The zero-order valence-electron chi connectivity index (χ0n) is 10.7. The van der Waals surface area contributed by atoms with E-state index in [4.69, 9.17) is 4.74 Å². The predicted molar refractivity (Wildman–Crippen MR) is 71.1 cm³/mol. The van der Waals surface area contributed by atoms with E-state index in [1.807, 2.05) is 7.05 Å². The fraction of sp³-hybridized carbons (Fsp3) is 0.417. The molecule has 102 valence electrons. The molecule has 0 saturated heterocycles. The molecule has 0 aliphatic carbocycles. The number of likely N-dealkylation sites (N-methyl/N-ethyl adjacent to an activating group) is 2. The topological polar surface area (TPSA) is 41.6 Å². The number of carbonyl (C=O) groups is 1. The number of halogens is 2. The number of rotatable bonds is 5. The average molecular weight is 277 g/mol. The molecule has 18 heavy (non-hydrogen) atoms. The van der Waals surface area contributed by atoms with Gasteiger partial charge in [-0.2, -0.15) is 0 Å². The highest BCUT2D eigenvalue weighted by Crippen LogP contribution is 2.18. The molecule has 0 atom stereocenters. The van der Waals surface area contributed by atoms with Gasteiger partial charge in [0.15, 0.2) is 11.6 Å². The van der Waals surface area contributed by atoms with Crippen LogP contribution in [0.15, 0.2) is 18.2 Å². The van der Waals surface area contributed by atoms with E-state index in [1.54, 1.807) is 11.9 Å². The van der Waals surface area contributed by atoms with Crippen molar-refractivity contribution in [1.82, 2.24) is 10.2 Å². The number of methoxy groups -OCH3 is 1. The third-order valence-electron chi connectivity index (χ3n) is 2.44. The number of hydrogen-bond donors (Lipinski definition) is 1.